The molecular formula is C12H16FNO4S. The van der Waals surface area contributed by atoms with E-state index in [-0.39, 0.29) is 24.3 Å². The zero-order valence-electron chi connectivity index (χ0n) is 10.8. The van der Waals surface area contributed by atoms with Crippen molar-refractivity contribution in [3.05, 3.63) is 29.6 Å². The monoisotopic (exact) mass is 289 g/mol. The van der Waals surface area contributed by atoms with E-state index in [9.17, 15) is 17.6 Å². The van der Waals surface area contributed by atoms with E-state index in [1.54, 1.807) is 13.0 Å². The highest BCUT2D eigenvalue weighted by molar-refractivity contribution is 7.92. The molecule has 0 bridgehead atoms. The number of ether oxygens (including phenoxy) is 1. The summed E-state index contributed by atoms with van der Waals surface area (Å²) in [6.45, 7) is 1.61. The maximum atomic E-state index is 13.5. The number of sulfonamides is 1. The first-order valence-corrected chi connectivity index (χ1v) is 7.33. The van der Waals surface area contributed by atoms with E-state index in [2.05, 4.69) is 9.46 Å². The minimum Gasteiger partial charge on any atom is -0.469 e. The zero-order chi connectivity index (χ0) is 14.5. The Balaban J connectivity index is 2.67. The Morgan fingerprint density at radius 1 is 1.42 bits per heavy atom. The summed E-state index contributed by atoms with van der Waals surface area (Å²) in [5, 5.41) is 0. The van der Waals surface area contributed by atoms with Gasteiger partial charge in [0.15, 0.2) is 0 Å². The Morgan fingerprint density at radius 3 is 2.68 bits per heavy atom. The number of para-hydroxylation sites is 1. The van der Waals surface area contributed by atoms with Crippen LogP contribution in [0.4, 0.5) is 10.1 Å². The number of methoxy groups -OCH3 is 1. The van der Waals surface area contributed by atoms with Gasteiger partial charge >= 0.3 is 5.97 Å². The van der Waals surface area contributed by atoms with Crippen molar-refractivity contribution >= 4 is 21.7 Å². The number of carbonyl (C=O) groups is 1. The molecule has 0 aliphatic heterocycles. The largest absolute Gasteiger partial charge is 0.469 e. The number of halogens is 1. The third kappa shape index (κ3) is 4.86. The first-order chi connectivity index (χ1) is 8.85. The van der Waals surface area contributed by atoms with Gasteiger partial charge in [0.05, 0.1) is 18.6 Å². The predicted molar refractivity (Wildman–Crippen MR) is 69.8 cm³/mol. The molecule has 0 amide bonds. The topological polar surface area (TPSA) is 72.5 Å². The molecule has 0 aliphatic carbocycles. The van der Waals surface area contributed by atoms with E-state index >= 15 is 0 Å². The SMILES string of the molecule is COC(=O)CCCS(=O)(=O)Nc1c(C)cccc1F. The number of nitrogens with one attached hydrogen (secondary N) is 1. The minimum absolute atomic E-state index is 0.00760. The number of benzene rings is 1. The van der Waals surface area contributed by atoms with Crippen LogP contribution in [0.2, 0.25) is 0 Å². The molecule has 106 valence electrons. The van der Waals surface area contributed by atoms with Crippen LogP contribution < -0.4 is 4.72 Å². The van der Waals surface area contributed by atoms with Crippen molar-refractivity contribution in [1.82, 2.24) is 0 Å². The van der Waals surface area contributed by atoms with Gasteiger partial charge in [-0.25, -0.2) is 12.8 Å². The number of carbonyl (C=O) groups excluding carboxylic acids is 1. The number of hydrogen-bond acceptors (Lipinski definition) is 4. The summed E-state index contributed by atoms with van der Waals surface area (Å²) in [7, 11) is -2.45. The zero-order valence-corrected chi connectivity index (χ0v) is 11.6. The lowest BCUT2D eigenvalue weighted by atomic mass is 10.2. The lowest BCUT2D eigenvalue weighted by Gasteiger charge is -2.11. The van der Waals surface area contributed by atoms with Crippen LogP contribution in [-0.2, 0) is 19.6 Å². The van der Waals surface area contributed by atoms with E-state index in [1.165, 1.54) is 19.2 Å². The molecule has 0 fully saturated rings. The maximum Gasteiger partial charge on any atom is 0.305 e. The van der Waals surface area contributed by atoms with Gasteiger partial charge in [0.1, 0.15) is 5.82 Å². The molecule has 1 aromatic rings. The van der Waals surface area contributed by atoms with Gasteiger partial charge in [0.25, 0.3) is 0 Å². The van der Waals surface area contributed by atoms with E-state index in [0.29, 0.717) is 5.56 Å². The van der Waals surface area contributed by atoms with Gasteiger partial charge in [0, 0.05) is 6.42 Å². The molecule has 1 N–H and O–H groups in total. The van der Waals surface area contributed by atoms with Crippen molar-refractivity contribution in [3.8, 4) is 0 Å². The Morgan fingerprint density at radius 2 is 2.11 bits per heavy atom. The number of hydrogen-bond donors (Lipinski definition) is 1. The molecule has 0 radical (unpaired) electrons. The van der Waals surface area contributed by atoms with E-state index in [1.807, 2.05) is 0 Å². The summed E-state index contributed by atoms with van der Waals surface area (Å²) >= 11 is 0. The summed E-state index contributed by atoms with van der Waals surface area (Å²) in [6.07, 6.45) is 0.128. The average molecular weight is 289 g/mol. The Kier molecular flexibility index (Phi) is 5.29. The molecule has 0 saturated carbocycles. The van der Waals surface area contributed by atoms with Gasteiger partial charge in [-0.2, -0.15) is 0 Å². The van der Waals surface area contributed by atoms with Crippen molar-refractivity contribution in [2.75, 3.05) is 17.6 Å². The second kappa shape index (κ2) is 6.51. The molecule has 1 rings (SSSR count). The van der Waals surface area contributed by atoms with Crippen molar-refractivity contribution < 1.29 is 22.3 Å². The molecule has 5 nitrogen and oxygen atoms in total. The Bertz CT molecular complexity index is 537. The Labute approximate surface area is 111 Å². The molecular weight excluding hydrogens is 273 g/mol. The van der Waals surface area contributed by atoms with Crippen molar-refractivity contribution in [2.45, 2.75) is 19.8 Å². The van der Waals surface area contributed by atoms with Gasteiger partial charge in [-0.15, -0.1) is 0 Å². The second-order valence-electron chi connectivity index (χ2n) is 4.03. The minimum atomic E-state index is -3.68. The number of esters is 1. The molecule has 1 aromatic carbocycles. The standard InChI is InChI=1S/C12H16FNO4S/c1-9-5-3-6-10(13)12(9)14-19(16,17)8-4-7-11(15)18-2/h3,5-6,14H,4,7-8H2,1-2H3. The molecule has 0 spiro atoms. The van der Waals surface area contributed by atoms with Crippen molar-refractivity contribution in [3.63, 3.8) is 0 Å². The first-order valence-electron chi connectivity index (χ1n) is 5.68. The molecule has 0 atom stereocenters. The molecule has 0 heterocycles. The van der Waals surface area contributed by atoms with E-state index in [0.717, 1.165) is 0 Å². The molecule has 7 heteroatoms. The fourth-order valence-electron chi connectivity index (χ4n) is 1.48. The van der Waals surface area contributed by atoms with Crippen LogP contribution in [0.1, 0.15) is 18.4 Å². The highest BCUT2D eigenvalue weighted by Gasteiger charge is 2.15. The quantitative estimate of drug-likeness (QED) is 0.811. The summed E-state index contributed by atoms with van der Waals surface area (Å²) in [5.41, 5.74) is 0.442. The predicted octanol–water partition coefficient (Wildman–Crippen LogP) is 1.83. The maximum absolute atomic E-state index is 13.5. The molecule has 19 heavy (non-hydrogen) atoms. The second-order valence-corrected chi connectivity index (χ2v) is 5.87. The summed E-state index contributed by atoms with van der Waals surface area (Å²) in [6, 6.07) is 4.29. The third-order valence-corrected chi connectivity index (χ3v) is 3.84. The van der Waals surface area contributed by atoms with Gasteiger partial charge in [0.2, 0.25) is 10.0 Å². The summed E-state index contributed by atoms with van der Waals surface area (Å²) in [4.78, 5) is 10.9. The van der Waals surface area contributed by atoms with Crippen molar-refractivity contribution in [2.24, 2.45) is 0 Å². The summed E-state index contributed by atoms with van der Waals surface area (Å²) in [5.74, 6) is -1.37. The molecule has 0 aliphatic rings. The van der Waals surface area contributed by atoms with Gasteiger partial charge in [-0.3, -0.25) is 9.52 Å². The third-order valence-electron chi connectivity index (χ3n) is 2.50. The number of rotatable bonds is 6. The lowest BCUT2D eigenvalue weighted by molar-refractivity contribution is -0.140. The van der Waals surface area contributed by atoms with E-state index in [4.69, 9.17) is 0 Å². The van der Waals surface area contributed by atoms with Crippen molar-refractivity contribution in [1.29, 1.82) is 0 Å². The smallest absolute Gasteiger partial charge is 0.305 e. The molecule has 0 aromatic heterocycles. The van der Waals surface area contributed by atoms with Crippen LogP contribution in [0.5, 0.6) is 0 Å². The first kappa shape index (κ1) is 15.4. The lowest BCUT2D eigenvalue weighted by Crippen LogP contribution is -2.19. The van der Waals surface area contributed by atoms with Crippen LogP contribution >= 0.6 is 0 Å². The van der Waals surface area contributed by atoms with E-state index < -0.39 is 21.8 Å². The fourth-order valence-corrected chi connectivity index (χ4v) is 2.67. The van der Waals surface area contributed by atoms with Crippen LogP contribution in [-0.4, -0.2) is 27.2 Å². The van der Waals surface area contributed by atoms with Crippen LogP contribution in [0, 0.1) is 12.7 Å². The molecule has 0 unspecified atom stereocenters. The normalized spacial score (nSPS) is 11.1. The molecule has 0 saturated heterocycles. The number of aryl methyl sites for hydroxylation is 1. The van der Waals surface area contributed by atoms with Gasteiger partial charge in [-0.1, -0.05) is 12.1 Å². The average Bonchev–Trinajstić information content (AvgIpc) is 2.33. The fraction of sp³-hybridized carbons (Fsp3) is 0.417. The van der Waals surface area contributed by atoms with Crippen LogP contribution in [0.15, 0.2) is 18.2 Å². The summed E-state index contributed by atoms with van der Waals surface area (Å²) < 4.78 is 43.6. The Hall–Kier alpha value is -1.63. The van der Waals surface area contributed by atoms with Gasteiger partial charge in [-0.05, 0) is 25.0 Å². The van der Waals surface area contributed by atoms with Crippen LogP contribution in [0.3, 0.4) is 0 Å². The van der Waals surface area contributed by atoms with Gasteiger partial charge < -0.3 is 4.74 Å². The van der Waals surface area contributed by atoms with Crippen LogP contribution in [0.25, 0.3) is 0 Å². The highest BCUT2D eigenvalue weighted by Crippen LogP contribution is 2.20. The number of anilines is 1. The highest BCUT2D eigenvalue weighted by atomic mass is 32.2.